The molecule has 0 aliphatic heterocycles. The average Bonchev–Trinajstić information content (AvgIpc) is 3.36. The molecule has 0 fully saturated rings. The van der Waals surface area contributed by atoms with E-state index in [2.05, 4.69) is 10.5 Å². The number of hydrogen-bond acceptors (Lipinski definition) is 4. The molecule has 144 valence electrons. The lowest BCUT2D eigenvalue weighted by molar-refractivity contribution is 0.0955. The van der Waals surface area contributed by atoms with Crippen molar-refractivity contribution in [3.8, 4) is 16.9 Å². The molecule has 1 amide bonds. The molecule has 0 aliphatic rings. The van der Waals surface area contributed by atoms with Crippen LogP contribution in [0, 0.1) is 6.92 Å². The molecule has 5 nitrogen and oxygen atoms in total. The van der Waals surface area contributed by atoms with Gasteiger partial charge in [0.1, 0.15) is 5.69 Å². The van der Waals surface area contributed by atoms with Crippen LogP contribution in [0.15, 0.2) is 77.3 Å². The molecule has 0 bridgehead atoms. The number of carbonyl (C=O) groups is 1. The minimum atomic E-state index is -0.242. The van der Waals surface area contributed by atoms with Gasteiger partial charge in [0.05, 0.1) is 17.5 Å². The first-order valence-corrected chi connectivity index (χ1v) is 10.2. The smallest absolute Gasteiger partial charge is 0.267 e. The maximum absolute atomic E-state index is 12.2. The molecule has 1 N–H and O–H groups in total. The molecule has 2 aromatic heterocycles. The number of rotatable bonds is 5. The van der Waals surface area contributed by atoms with Crippen LogP contribution in [0.25, 0.3) is 16.9 Å². The number of aromatic nitrogens is 2. The monoisotopic (exact) mass is 420 g/mol. The zero-order valence-corrected chi connectivity index (χ0v) is 17.1. The van der Waals surface area contributed by atoms with E-state index in [1.54, 1.807) is 10.9 Å². The molecule has 0 atom stereocenters. The molecule has 2 heterocycles. The first kappa shape index (κ1) is 19.1. The number of halogens is 1. The van der Waals surface area contributed by atoms with Crippen molar-refractivity contribution in [1.29, 1.82) is 0 Å². The minimum absolute atomic E-state index is 0.242. The predicted octanol–water partition coefficient (Wildman–Crippen LogP) is 5.33. The number of amides is 1. The Morgan fingerprint density at radius 3 is 2.62 bits per heavy atom. The summed E-state index contributed by atoms with van der Waals surface area (Å²) in [6.07, 6.45) is 3.48. The lowest BCUT2D eigenvalue weighted by Crippen LogP contribution is -2.16. The third-order valence-electron chi connectivity index (χ3n) is 4.24. The molecule has 2 aromatic carbocycles. The van der Waals surface area contributed by atoms with Gasteiger partial charge < -0.3 is 0 Å². The van der Waals surface area contributed by atoms with Gasteiger partial charge in [0.15, 0.2) is 0 Å². The second-order valence-electron chi connectivity index (χ2n) is 6.37. The van der Waals surface area contributed by atoms with E-state index in [9.17, 15) is 4.79 Å². The van der Waals surface area contributed by atoms with Crippen LogP contribution in [-0.4, -0.2) is 21.9 Å². The minimum Gasteiger partial charge on any atom is -0.267 e. The number of hydrazone groups is 1. The van der Waals surface area contributed by atoms with Crippen LogP contribution in [0.1, 0.15) is 20.8 Å². The Labute approximate surface area is 177 Å². The van der Waals surface area contributed by atoms with E-state index < -0.39 is 0 Å². The quantitative estimate of drug-likeness (QED) is 0.350. The zero-order chi connectivity index (χ0) is 20.2. The Morgan fingerprint density at radius 2 is 1.93 bits per heavy atom. The van der Waals surface area contributed by atoms with Crippen LogP contribution in [0.3, 0.4) is 0 Å². The summed E-state index contributed by atoms with van der Waals surface area (Å²) in [5.41, 5.74) is 6.54. The number of carbonyl (C=O) groups excluding carboxylic acids is 1. The molecule has 0 unspecified atom stereocenters. The van der Waals surface area contributed by atoms with E-state index in [4.69, 9.17) is 16.7 Å². The van der Waals surface area contributed by atoms with Gasteiger partial charge in [-0.1, -0.05) is 41.9 Å². The van der Waals surface area contributed by atoms with Gasteiger partial charge in [0.25, 0.3) is 5.91 Å². The number of nitrogens with zero attached hydrogens (tertiary/aromatic N) is 3. The molecule has 0 saturated heterocycles. The lowest BCUT2D eigenvalue weighted by atomic mass is 10.1. The molecule has 4 rings (SSSR count). The summed E-state index contributed by atoms with van der Waals surface area (Å²) < 4.78 is 1.79. The van der Waals surface area contributed by atoms with Gasteiger partial charge in [-0.3, -0.25) is 4.79 Å². The molecule has 7 heteroatoms. The van der Waals surface area contributed by atoms with Crippen LogP contribution in [-0.2, 0) is 0 Å². The number of hydrogen-bond donors (Lipinski definition) is 1. The summed E-state index contributed by atoms with van der Waals surface area (Å²) in [4.78, 5) is 13.3. The van der Waals surface area contributed by atoms with Crippen LogP contribution in [0.5, 0.6) is 0 Å². The summed E-state index contributed by atoms with van der Waals surface area (Å²) in [5.74, 6) is -0.242. The van der Waals surface area contributed by atoms with Crippen molar-refractivity contribution < 1.29 is 4.79 Å². The molecule has 0 saturated carbocycles. The fourth-order valence-corrected chi connectivity index (χ4v) is 3.62. The maximum atomic E-state index is 12.2. The number of nitrogens with one attached hydrogen (secondary N) is 1. The van der Waals surface area contributed by atoms with Gasteiger partial charge in [0.2, 0.25) is 0 Å². The number of aryl methyl sites for hydroxylation is 1. The predicted molar refractivity (Wildman–Crippen MR) is 118 cm³/mol. The van der Waals surface area contributed by atoms with Gasteiger partial charge in [-0.25, -0.2) is 10.1 Å². The average molecular weight is 421 g/mol. The van der Waals surface area contributed by atoms with Crippen LogP contribution in [0.4, 0.5) is 0 Å². The van der Waals surface area contributed by atoms with Crippen molar-refractivity contribution in [1.82, 2.24) is 15.2 Å². The Kier molecular flexibility index (Phi) is 5.55. The van der Waals surface area contributed by atoms with Crippen molar-refractivity contribution in [3.63, 3.8) is 0 Å². The number of thiophene rings is 1. The highest BCUT2D eigenvalue weighted by atomic mass is 35.5. The van der Waals surface area contributed by atoms with Crippen LogP contribution in [0.2, 0.25) is 5.02 Å². The Hall–Kier alpha value is -3.22. The Bertz CT molecular complexity index is 1160. The first-order chi connectivity index (χ1) is 14.1. The molecule has 0 spiro atoms. The SMILES string of the molecule is Cc1cc(C(=O)N/N=C/c2cn(-c3ccccc3)nc2-c2ccc(Cl)cc2)cs1. The van der Waals surface area contributed by atoms with E-state index in [0.29, 0.717) is 10.6 Å². The van der Waals surface area contributed by atoms with Crippen molar-refractivity contribution in [2.75, 3.05) is 0 Å². The second-order valence-corrected chi connectivity index (χ2v) is 7.92. The van der Waals surface area contributed by atoms with Gasteiger partial charge in [-0.05, 0) is 37.3 Å². The molecular formula is C22H17ClN4OS. The van der Waals surface area contributed by atoms with E-state index in [-0.39, 0.29) is 5.91 Å². The van der Waals surface area contributed by atoms with Gasteiger partial charge in [-0.2, -0.15) is 10.2 Å². The van der Waals surface area contributed by atoms with Crippen molar-refractivity contribution >= 4 is 35.1 Å². The van der Waals surface area contributed by atoms with Gasteiger partial charge >= 0.3 is 0 Å². The Balaban J connectivity index is 1.64. The van der Waals surface area contributed by atoms with E-state index in [1.165, 1.54) is 11.3 Å². The van der Waals surface area contributed by atoms with Gasteiger partial charge in [-0.15, -0.1) is 11.3 Å². The summed E-state index contributed by atoms with van der Waals surface area (Å²) in [6, 6.07) is 19.1. The molecule has 0 radical (unpaired) electrons. The van der Waals surface area contributed by atoms with Crippen LogP contribution < -0.4 is 5.43 Å². The van der Waals surface area contributed by atoms with Crippen molar-refractivity contribution in [2.24, 2.45) is 5.10 Å². The number of benzene rings is 2. The summed E-state index contributed by atoms with van der Waals surface area (Å²) in [5, 5.41) is 11.3. The van der Waals surface area contributed by atoms with Crippen molar-refractivity contribution in [3.05, 3.63) is 93.3 Å². The summed E-state index contributed by atoms with van der Waals surface area (Å²) in [7, 11) is 0. The summed E-state index contributed by atoms with van der Waals surface area (Å²) in [6.45, 7) is 1.96. The maximum Gasteiger partial charge on any atom is 0.272 e. The zero-order valence-electron chi connectivity index (χ0n) is 15.5. The van der Waals surface area contributed by atoms with E-state index >= 15 is 0 Å². The summed E-state index contributed by atoms with van der Waals surface area (Å²) >= 11 is 7.55. The highest BCUT2D eigenvalue weighted by Crippen LogP contribution is 2.24. The fraction of sp³-hybridized carbons (Fsp3) is 0.0455. The largest absolute Gasteiger partial charge is 0.272 e. The highest BCUT2D eigenvalue weighted by molar-refractivity contribution is 7.10. The first-order valence-electron chi connectivity index (χ1n) is 8.90. The lowest BCUT2D eigenvalue weighted by Gasteiger charge is -2.00. The topological polar surface area (TPSA) is 59.3 Å². The standard InChI is InChI=1S/C22H17ClN4OS/c1-15-11-17(14-29-15)22(28)25-24-12-18-13-27(20-5-3-2-4-6-20)26-21(18)16-7-9-19(23)10-8-16/h2-14H,1H3,(H,25,28)/b24-12+. The molecule has 4 aromatic rings. The third-order valence-corrected chi connectivity index (χ3v) is 5.36. The normalized spacial score (nSPS) is 11.1. The van der Waals surface area contributed by atoms with Crippen LogP contribution >= 0.6 is 22.9 Å². The molecular weight excluding hydrogens is 404 g/mol. The highest BCUT2D eigenvalue weighted by Gasteiger charge is 2.12. The van der Waals surface area contributed by atoms with Crippen molar-refractivity contribution in [2.45, 2.75) is 6.92 Å². The van der Waals surface area contributed by atoms with E-state index in [1.807, 2.05) is 79.2 Å². The Morgan fingerprint density at radius 1 is 1.17 bits per heavy atom. The molecule has 29 heavy (non-hydrogen) atoms. The third kappa shape index (κ3) is 4.45. The van der Waals surface area contributed by atoms with Gasteiger partial charge in [0, 0.05) is 32.6 Å². The molecule has 0 aliphatic carbocycles. The fourth-order valence-electron chi connectivity index (χ4n) is 2.81. The van der Waals surface area contributed by atoms with E-state index in [0.717, 1.165) is 27.4 Å². The number of para-hydroxylation sites is 1. The second kappa shape index (κ2) is 8.43.